The lowest BCUT2D eigenvalue weighted by atomic mass is 10.0. The molecule has 0 fully saturated rings. The number of benzene rings is 2. The molecule has 0 saturated heterocycles. The van der Waals surface area contributed by atoms with Gasteiger partial charge in [0.15, 0.2) is 0 Å². The molecule has 0 aliphatic heterocycles. The molecule has 0 aliphatic carbocycles. The molecule has 7 heteroatoms. The second kappa shape index (κ2) is 10.5. The summed E-state index contributed by atoms with van der Waals surface area (Å²) >= 11 is 1.68. The van der Waals surface area contributed by atoms with Gasteiger partial charge in [-0.2, -0.15) is 0 Å². The van der Waals surface area contributed by atoms with E-state index in [-0.39, 0.29) is 49.2 Å². The van der Waals surface area contributed by atoms with Crippen molar-refractivity contribution >= 4 is 52.3 Å². The fourth-order valence-electron chi connectivity index (χ4n) is 2.67. The van der Waals surface area contributed by atoms with Crippen LogP contribution < -0.4 is 11.1 Å². The summed E-state index contributed by atoms with van der Waals surface area (Å²) in [7, 11) is 0. The fraction of sp³-hybridized carbons (Fsp3) is 0.263. The summed E-state index contributed by atoms with van der Waals surface area (Å²) in [5.41, 5.74) is 8.10. The standard InChI is InChI=1S/C19H21N3OS.2ClH/c1-13(11-19-22-16-9-5-6-10-17(16)24-19)21-18(23)12-15(20)14-7-3-2-4-8-14;;/h2-10,13,15H,11-12,20H2,1H3,(H,21,23);2*1H. The summed E-state index contributed by atoms with van der Waals surface area (Å²) < 4.78 is 1.18. The highest BCUT2D eigenvalue weighted by molar-refractivity contribution is 7.18. The fourth-order valence-corrected chi connectivity index (χ4v) is 3.77. The van der Waals surface area contributed by atoms with Gasteiger partial charge in [0.1, 0.15) is 0 Å². The molecule has 1 amide bonds. The van der Waals surface area contributed by atoms with Crippen molar-refractivity contribution in [1.82, 2.24) is 10.3 Å². The largest absolute Gasteiger partial charge is 0.353 e. The third kappa shape index (κ3) is 5.95. The van der Waals surface area contributed by atoms with Crippen molar-refractivity contribution < 1.29 is 4.79 Å². The first-order chi connectivity index (χ1) is 11.6. The Morgan fingerprint density at radius 1 is 1.12 bits per heavy atom. The summed E-state index contributed by atoms with van der Waals surface area (Å²) in [4.78, 5) is 16.8. The molecule has 3 N–H and O–H groups in total. The normalized spacial score (nSPS) is 12.5. The number of carbonyl (C=O) groups excluding carboxylic acids is 1. The van der Waals surface area contributed by atoms with E-state index < -0.39 is 0 Å². The van der Waals surface area contributed by atoms with Crippen molar-refractivity contribution in [3.63, 3.8) is 0 Å². The lowest BCUT2D eigenvalue weighted by Crippen LogP contribution is -2.35. The number of thiazole rings is 1. The van der Waals surface area contributed by atoms with Crippen molar-refractivity contribution in [3.8, 4) is 0 Å². The first-order valence-electron chi connectivity index (χ1n) is 8.06. The average Bonchev–Trinajstić information content (AvgIpc) is 2.97. The van der Waals surface area contributed by atoms with Gasteiger partial charge in [0, 0.05) is 24.9 Å². The molecule has 1 aromatic heterocycles. The summed E-state index contributed by atoms with van der Waals surface area (Å²) in [6.07, 6.45) is 1.01. The van der Waals surface area contributed by atoms with Crippen molar-refractivity contribution in [2.45, 2.75) is 31.8 Å². The van der Waals surface area contributed by atoms with Crippen molar-refractivity contribution in [2.75, 3.05) is 0 Å². The van der Waals surface area contributed by atoms with Gasteiger partial charge in [-0.15, -0.1) is 36.2 Å². The van der Waals surface area contributed by atoms with Crippen molar-refractivity contribution in [2.24, 2.45) is 5.73 Å². The van der Waals surface area contributed by atoms with E-state index in [0.717, 1.165) is 22.5 Å². The molecule has 0 radical (unpaired) electrons. The molecule has 3 aromatic rings. The number of nitrogens with zero attached hydrogens (tertiary/aromatic N) is 1. The number of fused-ring (bicyclic) bond motifs is 1. The first-order valence-corrected chi connectivity index (χ1v) is 8.88. The van der Waals surface area contributed by atoms with E-state index in [2.05, 4.69) is 16.4 Å². The number of aromatic nitrogens is 1. The zero-order valence-corrected chi connectivity index (χ0v) is 16.9. The summed E-state index contributed by atoms with van der Waals surface area (Å²) in [6, 6.07) is 17.5. The van der Waals surface area contributed by atoms with E-state index in [0.29, 0.717) is 0 Å². The second-order valence-corrected chi connectivity index (χ2v) is 7.08. The van der Waals surface area contributed by atoms with E-state index in [9.17, 15) is 4.79 Å². The quantitative estimate of drug-likeness (QED) is 0.635. The molecule has 3 rings (SSSR count). The number of nitrogens with two attached hydrogens (primary N) is 1. The Balaban J connectivity index is 0.00000169. The molecule has 0 spiro atoms. The minimum Gasteiger partial charge on any atom is -0.353 e. The Morgan fingerprint density at radius 2 is 1.77 bits per heavy atom. The average molecular weight is 412 g/mol. The maximum atomic E-state index is 12.2. The topological polar surface area (TPSA) is 68.0 Å². The second-order valence-electron chi connectivity index (χ2n) is 5.97. The number of carbonyl (C=O) groups is 1. The third-order valence-corrected chi connectivity index (χ3v) is 4.92. The predicted octanol–water partition coefficient (Wildman–Crippen LogP) is 4.28. The molecular weight excluding hydrogens is 389 g/mol. The summed E-state index contributed by atoms with van der Waals surface area (Å²) in [5.74, 6) is -0.0278. The van der Waals surface area contributed by atoms with E-state index in [1.807, 2.05) is 55.5 Å². The molecule has 2 unspecified atom stereocenters. The lowest BCUT2D eigenvalue weighted by Gasteiger charge is -2.15. The Hall–Kier alpha value is -1.66. The molecular formula is C19H23Cl2N3OS. The molecule has 0 aliphatic rings. The molecule has 140 valence electrons. The van der Waals surface area contributed by atoms with E-state index in [4.69, 9.17) is 5.73 Å². The number of rotatable bonds is 6. The number of para-hydroxylation sites is 1. The van der Waals surface area contributed by atoms with Crippen molar-refractivity contribution in [3.05, 3.63) is 65.2 Å². The van der Waals surface area contributed by atoms with Crippen LogP contribution in [-0.2, 0) is 11.2 Å². The van der Waals surface area contributed by atoms with Gasteiger partial charge in [0.25, 0.3) is 0 Å². The van der Waals surface area contributed by atoms with Crippen LogP contribution in [0.1, 0.15) is 30.0 Å². The zero-order valence-electron chi connectivity index (χ0n) is 14.4. The SMILES string of the molecule is CC(Cc1nc2ccccc2s1)NC(=O)CC(N)c1ccccc1.Cl.Cl. The van der Waals surface area contributed by atoms with Gasteiger partial charge in [-0.05, 0) is 24.6 Å². The molecule has 4 nitrogen and oxygen atoms in total. The molecule has 2 atom stereocenters. The summed E-state index contributed by atoms with van der Waals surface area (Å²) in [6.45, 7) is 2.00. The predicted molar refractivity (Wildman–Crippen MR) is 113 cm³/mol. The maximum absolute atomic E-state index is 12.2. The Morgan fingerprint density at radius 3 is 2.46 bits per heavy atom. The minimum absolute atomic E-state index is 0. The molecule has 1 heterocycles. The molecule has 2 aromatic carbocycles. The highest BCUT2D eigenvalue weighted by atomic mass is 35.5. The van der Waals surface area contributed by atoms with Gasteiger partial charge in [0.05, 0.1) is 15.2 Å². The molecule has 26 heavy (non-hydrogen) atoms. The van der Waals surface area contributed by atoms with Crippen LogP contribution >= 0.6 is 36.2 Å². The van der Waals surface area contributed by atoms with Crippen LogP contribution in [0.3, 0.4) is 0 Å². The highest BCUT2D eigenvalue weighted by Crippen LogP contribution is 2.22. The van der Waals surface area contributed by atoms with E-state index in [1.165, 1.54) is 4.70 Å². The minimum atomic E-state index is -0.277. The summed E-state index contributed by atoms with van der Waals surface area (Å²) in [5, 5.41) is 4.06. The number of hydrogen-bond donors (Lipinski definition) is 2. The van der Waals surface area contributed by atoms with Crippen LogP contribution in [0.4, 0.5) is 0 Å². The van der Waals surface area contributed by atoms with Crippen LogP contribution in [0.5, 0.6) is 0 Å². The van der Waals surface area contributed by atoms with E-state index in [1.54, 1.807) is 11.3 Å². The Kier molecular flexibility index (Phi) is 9.02. The number of nitrogens with one attached hydrogen (secondary N) is 1. The first kappa shape index (κ1) is 22.4. The van der Waals surface area contributed by atoms with Gasteiger partial charge in [-0.3, -0.25) is 4.79 Å². The van der Waals surface area contributed by atoms with Crippen LogP contribution in [0, 0.1) is 0 Å². The highest BCUT2D eigenvalue weighted by Gasteiger charge is 2.15. The van der Waals surface area contributed by atoms with Crippen LogP contribution in [-0.4, -0.2) is 16.9 Å². The zero-order chi connectivity index (χ0) is 16.9. The molecule has 0 bridgehead atoms. The third-order valence-electron chi connectivity index (χ3n) is 3.86. The van der Waals surface area contributed by atoms with Crippen LogP contribution in [0.2, 0.25) is 0 Å². The van der Waals surface area contributed by atoms with Crippen molar-refractivity contribution in [1.29, 1.82) is 0 Å². The van der Waals surface area contributed by atoms with Crippen LogP contribution in [0.15, 0.2) is 54.6 Å². The van der Waals surface area contributed by atoms with E-state index >= 15 is 0 Å². The number of hydrogen-bond acceptors (Lipinski definition) is 4. The van der Waals surface area contributed by atoms with Gasteiger partial charge in [-0.25, -0.2) is 4.98 Å². The Labute approximate surface area is 170 Å². The van der Waals surface area contributed by atoms with Gasteiger partial charge >= 0.3 is 0 Å². The van der Waals surface area contributed by atoms with Gasteiger partial charge in [0.2, 0.25) is 5.91 Å². The van der Waals surface area contributed by atoms with Gasteiger partial charge < -0.3 is 11.1 Å². The number of halogens is 2. The monoisotopic (exact) mass is 411 g/mol. The maximum Gasteiger partial charge on any atom is 0.222 e. The van der Waals surface area contributed by atoms with Crippen LogP contribution in [0.25, 0.3) is 10.2 Å². The Bertz CT molecular complexity index is 793. The number of amides is 1. The van der Waals surface area contributed by atoms with Gasteiger partial charge in [-0.1, -0.05) is 42.5 Å². The lowest BCUT2D eigenvalue weighted by molar-refractivity contribution is -0.122. The molecule has 0 saturated carbocycles. The smallest absolute Gasteiger partial charge is 0.222 e.